The second-order valence-corrected chi connectivity index (χ2v) is 6.56. The van der Waals surface area contributed by atoms with Crippen molar-refractivity contribution in [1.29, 1.82) is 0 Å². The first-order valence-electron chi connectivity index (χ1n) is 6.17. The van der Waals surface area contributed by atoms with Crippen molar-refractivity contribution in [2.45, 2.75) is 45.2 Å². The summed E-state index contributed by atoms with van der Waals surface area (Å²) < 4.78 is 39.9. The van der Waals surface area contributed by atoms with Crippen molar-refractivity contribution < 1.29 is 17.9 Å². The highest BCUT2D eigenvalue weighted by Gasteiger charge is 2.26. The number of sulfonamides is 1. The number of aryl methyl sites for hydroxylation is 1. The molecule has 4 nitrogen and oxygen atoms in total. The lowest BCUT2D eigenvalue weighted by Gasteiger charge is -2.24. The fourth-order valence-electron chi connectivity index (χ4n) is 2.02. The Morgan fingerprint density at radius 3 is 2.37 bits per heavy atom. The van der Waals surface area contributed by atoms with Crippen LogP contribution in [0.15, 0.2) is 17.0 Å². The summed E-state index contributed by atoms with van der Waals surface area (Å²) in [6.45, 7) is 6.61. The van der Waals surface area contributed by atoms with Crippen LogP contribution in [0.3, 0.4) is 0 Å². The molecule has 0 amide bonds. The molecule has 0 aromatic heterocycles. The summed E-state index contributed by atoms with van der Waals surface area (Å²) in [5, 5.41) is 9.09. The molecular weight excluding hydrogens is 269 g/mol. The lowest BCUT2D eigenvalue weighted by molar-refractivity contribution is 0.275. The second-order valence-electron chi connectivity index (χ2n) is 4.67. The Bertz CT molecular complexity index is 555. The van der Waals surface area contributed by atoms with Crippen molar-refractivity contribution in [3.8, 4) is 0 Å². The molecule has 19 heavy (non-hydrogen) atoms. The van der Waals surface area contributed by atoms with Crippen LogP contribution in [0.5, 0.6) is 0 Å². The highest BCUT2D eigenvalue weighted by Crippen LogP contribution is 2.23. The van der Waals surface area contributed by atoms with E-state index < -0.39 is 22.4 Å². The summed E-state index contributed by atoms with van der Waals surface area (Å²) in [5.74, 6) is -0.561. The van der Waals surface area contributed by atoms with Gasteiger partial charge in [-0.05, 0) is 38.5 Å². The number of aliphatic hydroxyl groups is 1. The van der Waals surface area contributed by atoms with Crippen LogP contribution in [-0.4, -0.2) is 30.4 Å². The monoisotopic (exact) mass is 289 g/mol. The highest BCUT2D eigenvalue weighted by atomic mass is 32.2. The molecule has 0 fully saturated rings. The minimum atomic E-state index is -3.67. The van der Waals surface area contributed by atoms with Gasteiger partial charge in [-0.3, -0.25) is 0 Å². The zero-order valence-corrected chi connectivity index (χ0v) is 12.5. The van der Waals surface area contributed by atoms with Crippen LogP contribution in [-0.2, 0) is 16.6 Å². The van der Waals surface area contributed by atoms with Gasteiger partial charge in [-0.1, -0.05) is 6.92 Å². The number of halogens is 1. The van der Waals surface area contributed by atoms with Crippen LogP contribution >= 0.6 is 0 Å². The van der Waals surface area contributed by atoms with Gasteiger partial charge >= 0.3 is 0 Å². The van der Waals surface area contributed by atoms with Crippen molar-refractivity contribution in [1.82, 2.24) is 4.31 Å². The Hall–Kier alpha value is -0.980. The van der Waals surface area contributed by atoms with Gasteiger partial charge in [0.1, 0.15) is 5.82 Å². The lowest BCUT2D eigenvalue weighted by Crippen LogP contribution is -2.36. The van der Waals surface area contributed by atoms with Crippen molar-refractivity contribution in [3.63, 3.8) is 0 Å². The smallest absolute Gasteiger partial charge is 0.243 e. The third-order valence-corrected chi connectivity index (χ3v) is 5.10. The molecule has 0 saturated heterocycles. The van der Waals surface area contributed by atoms with E-state index in [1.165, 1.54) is 23.4 Å². The van der Waals surface area contributed by atoms with Gasteiger partial charge in [0.2, 0.25) is 10.0 Å². The molecule has 1 aromatic carbocycles. The molecule has 0 unspecified atom stereocenters. The maximum absolute atomic E-state index is 13.6. The van der Waals surface area contributed by atoms with E-state index in [-0.39, 0.29) is 22.1 Å². The third kappa shape index (κ3) is 3.13. The molecule has 0 saturated carbocycles. The Kier molecular flexibility index (Phi) is 5.06. The Labute approximate surface area is 113 Å². The molecule has 108 valence electrons. The number of hydrogen-bond acceptors (Lipinski definition) is 3. The summed E-state index contributed by atoms with van der Waals surface area (Å²) in [4.78, 5) is 0.0194. The number of rotatable bonds is 5. The van der Waals surface area contributed by atoms with Gasteiger partial charge < -0.3 is 5.11 Å². The summed E-state index contributed by atoms with van der Waals surface area (Å²) >= 11 is 0. The standard InChI is InChI=1S/C13H20FNO3S/c1-5-15(9(2)3)19(17,18)12-6-10(4)13(14)11(7-12)8-16/h6-7,9,16H,5,8H2,1-4H3. The van der Waals surface area contributed by atoms with E-state index in [4.69, 9.17) is 5.11 Å². The molecule has 1 rings (SSSR count). The maximum atomic E-state index is 13.6. The molecule has 6 heteroatoms. The molecular formula is C13H20FNO3S. The largest absolute Gasteiger partial charge is 0.392 e. The molecule has 0 radical (unpaired) electrons. The fraction of sp³-hybridized carbons (Fsp3) is 0.538. The van der Waals surface area contributed by atoms with Crippen LogP contribution in [0.1, 0.15) is 31.9 Å². The number of hydrogen-bond donors (Lipinski definition) is 1. The Morgan fingerprint density at radius 2 is 1.95 bits per heavy atom. The van der Waals surface area contributed by atoms with Gasteiger partial charge in [0.05, 0.1) is 11.5 Å². The quantitative estimate of drug-likeness (QED) is 0.902. The average molecular weight is 289 g/mol. The first-order chi connectivity index (χ1) is 8.75. The third-order valence-electron chi connectivity index (χ3n) is 2.97. The Balaban J connectivity index is 3.41. The van der Waals surface area contributed by atoms with E-state index in [9.17, 15) is 12.8 Å². The normalized spacial score (nSPS) is 12.4. The summed E-state index contributed by atoms with van der Waals surface area (Å²) in [6, 6.07) is 2.32. The van der Waals surface area contributed by atoms with Crippen molar-refractivity contribution in [2.75, 3.05) is 6.54 Å². The predicted octanol–water partition coefficient (Wildman–Crippen LogP) is 2.05. The second kappa shape index (κ2) is 5.98. The van der Waals surface area contributed by atoms with Crippen LogP contribution in [0.25, 0.3) is 0 Å². The zero-order valence-electron chi connectivity index (χ0n) is 11.6. The van der Waals surface area contributed by atoms with Gasteiger partial charge in [0.15, 0.2) is 0 Å². The van der Waals surface area contributed by atoms with E-state index in [0.717, 1.165) is 0 Å². The van der Waals surface area contributed by atoms with Gasteiger partial charge in [-0.25, -0.2) is 12.8 Å². The topological polar surface area (TPSA) is 57.6 Å². The van der Waals surface area contributed by atoms with Crippen molar-refractivity contribution >= 4 is 10.0 Å². The minimum absolute atomic E-state index is 0.00150. The van der Waals surface area contributed by atoms with E-state index in [1.807, 2.05) is 0 Å². The van der Waals surface area contributed by atoms with Crippen molar-refractivity contribution in [3.05, 3.63) is 29.1 Å². The first kappa shape index (κ1) is 16.1. The lowest BCUT2D eigenvalue weighted by atomic mass is 10.1. The summed E-state index contributed by atoms with van der Waals surface area (Å²) in [7, 11) is -3.67. The maximum Gasteiger partial charge on any atom is 0.243 e. The molecule has 1 N–H and O–H groups in total. The molecule has 0 atom stereocenters. The van der Waals surface area contributed by atoms with Crippen LogP contribution < -0.4 is 0 Å². The van der Waals surface area contributed by atoms with E-state index >= 15 is 0 Å². The molecule has 0 aliphatic carbocycles. The van der Waals surface area contributed by atoms with Gasteiger partial charge in [-0.2, -0.15) is 4.31 Å². The number of benzene rings is 1. The van der Waals surface area contributed by atoms with Gasteiger partial charge in [0, 0.05) is 18.2 Å². The molecule has 1 aromatic rings. The van der Waals surface area contributed by atoms with E-state index in [2.05, 4.69) is 0 Å². The van der Waals surface area contributed by atoms with Gasteiger partial charge in [0.25, 0.3) is 0 Å². The fourth-order valence-corrected chi connectivity index (χ4v) is 3.80. The molecule has 0 aliphatic rings. The van der Waals surface area contributed by atoms with Gasteiger partial charge in [-0.15, -0.1) is 0 Å². The minimum Gasteiger partial charge on any atom is -0.392 e. The van der Waals surface area contributed by atoms with Crippen molar-refractivity contribution in [2.24, 2.45) is 0 Å². The Morgan fingerprint density at radius 1 is 1.37 bits per heavy atom. The number of aliphatic hydroxyl groups excluding tert-OH is 1. The van der Waals surface area contributed by atoms with E-state index in [0.29, 0.717) is 6.54 Å². The molecule has 0 heterocycles. The van der Waals surface area contributed by atoms with Crippen LogP contribution in [0, 0.1) is 12.7 Å². The number of nitrogens with zero attached hydrogens (tertiary/aromatic N) is 1. The first-order valence-corrected chi connectivity index (χ1v) is 7.61. The SMILES string of the molecule is CCN(C(C)C)S(=O)(=O)c1cc(C)c(F)c(CO)c1. The molecule has 0 spiro atoms. The van der Waals surface area contributed by atoms with E-state index in [1.54, 1.807) is 20.8 Å². The molecule has 0 aliphatic heterocycles. The molecule has 0 bridgehead atoms. The highest BCUT2D eigenvalue weighted by molar-refractivity contribution is 7.89. The predicted molar refractivity (Wildman–Crippen MR) is 71.8 cm³/mol. The summed E-state index contributed by atoms with van der Waals surface area (Å²) in [5.41, 5.74) is 0.211. The zero-order chi connectivity index (χ0) is 14.8. The average Bonchev–Trinajstić information content (AvgIpc) is 2.32. The van der Waals surface area contributed by atoms with Crippen LogP contribution in [0.4, 0.5) is 4.39 Å². The van der Waals surface area contributed by atoms with Crippen LogP contribution in [0.2, 0.25) is 0 Å². The summed E-state index contributed by atoms with van der Waals surface area (Å²) in [6.07, 6.45) is 0.